The fourth-order valence-corrected chi connectivity index (χ4v) is 14.9. The van der Waals surface area contributed by atoms with Crippen LogP contribution in [-0.2, 0) is 0 Å². The van der Waals surface area contributed by atoms with E-state index in [1.54, 1.807) is 161 Å². The summed E-state index contributed by atoms with van der Waals surface area (Å²) in [4.78, 5) is 0. The van der Waals surface area contributed by atoms with Crippen molar-refractivity contribution in [1.29, 1.82) is 0 Å². The van der Waals surface area contributed by atoms with E-state index in [2.05, 4.69) is 0 Å². The molecule has 0 aromatic rings. The molecule has 9 aliphatic rings. The number of hydrogen-bond acceptors (Lipinski definition) is 0. The van der Waals surface area contributed by atoms with Gasteiger partial charge in [-0.25, -0.2) is 0 Å². The highest BCUT2D eigenvalue weighted by atomic mass is 14.6. The lowest BCUT2D eigenvalue weighted by molar-refractivity contribution is -0.0786. The Bertz CT molecular complexity index is 775. The van der Waals surface area contributed by atoms with Gasteiger partial charge in [-0.1, -0.05) is 70.6 Å². The molecule has 0 spiro atoms. The van der Waals surface area contributed by atoms with Crippen LogP contribution in [0.25, 0.3) is 0 Å². The van der Waals surface area contributed by atoms with Gasteiger partial charge in [-0.2, -0.15) is 0 Å². The van der Waals surface area contributed by atoms with Gasteiger partial charge in [0.25, 0.3) is 0 Å². The molecule has 0 amide bonds. The van der Waals surface area contributed by atoms with Crippen LogP contribution >= 0.6 is 0 Å². The number of rotatable bonds is 0. The van der Waals surface area contributed by atoms with Crippen molar-refractivity contribution in [2.24, 2.45) is 82.9 Å². The van der Waals surface area contributed by atoms with E-state index in [1.165, 1.54) is 47.3 Å². The summed E-state index contributed by atoms with van der Waals surface area (Å²) in [7, 11) is 0. The summed E-state index contributed by atoms with van der Waals surface area (Å²) in [5.74, 6) is 16.3. The number of hydrogen-bond donors (Lipinski definition) is 0. The fraction of sp³-hybridized carbons (Fsp3) is 1.00. The summed E-state index contributed by atoms with van der Waals surface area (Å²) >= 11 is 0. The SMILES string of the molecule is C1CCC2C(C1)CCC1C2CCC2C3CCCCC3CCC21.C1CCC2C(C1)CCC1C3CCCC3CCC21. The lowest BCUT2D eigenvalue weighted by Gasteiger charge is -2.57. The molecule has 0 saturated heterocycles. The van der Waals surface area contributed by atoms with E-state index in [0.29, 0.717) is 0 Å². The first-order valence-corrected chi connectivity index (χ1v) is 19.3. The molecular formula is C39H64. The van der Waals surface area contributed by atoms with Crippen molar-refractivity contribution in [3.05, 3.63) is 0 Å². The highest BCUT2D eigenvalue weighted by Crippen LogP contribution is 2.61. The minimum absolute atomic E-state index is 1.15. The first kappa shape index (κ1) is 26.6. The second kappa shape index (κ2) is 11.6. The fourth-order valence-electron chi connectivity index (χ4n) is 14.9. The summed E-state index contributed by atoms with van der Waals surface area (Å²) in [5, 5.41) is 0. The van der Waals surface area contributed by atoms with Crippen LogP contribution in [0, 0.1) is 82.9 Å². The van der Waals surface area contributed by atoms with Crippen molar-refractivity contribution in [1.82, 2.24) is 0 Å². The van der Waals surface area contributed by atoms with Gasteiger partial charge < -0.3 is 0 Å². The van der Waals surface area contributed by atoms with Crippen LogP contribution in [-0.4, -0.2) is 0 Å². The lowest BCUT2D eigenvalue weighted by Crippen LogP contribution is -2.49. The third kappa shape index (κ3) is 4.92. The Labute approximate surface area is 243 Å². The van der Waals surface area contributed by atoms with E-state index < -0.39 is 0 Å². The molecule has 0 aromatic carbocycles. The zero-order chi connectivity index (χ0) is 25.8. The summed E-state index contributed by atoms with van der Waals surface area (Å²) in [6.07, 6.45) is 39.8. The normalized spacial score (nSPS) is 54.2. The average molecular weight is 533 g/mol. The molecule has 9 aliphatic carbocycles. The predicted molar refractivity (Wildman–Crippen MR) is 164 cm³/mol. The summed E-state index contributed by atoms with van der Waals surface area (Å²) in [6, 6.07) is 0. The molecule has 14 atom stereocenters. The highest BCUT2D eigenvalue weighted by Gasteiger charge is 2.52. The van der Waals surface area contributed by atoms with Crippen LogP contribution in [0.15, 0.2) is 0 Å². The first-order chi connectivity index (χ1) is 19.3. The molecule has 9 saturated carbocycles. The van der Waals surface area contributed by atoms with Crippen LogP contribution in [0.2, 0.25) is 0 Å². The van der Waals surface area contributed by atoms with Gasteiger partial charge in [-0.05, 0) is 173 Å². The van der Waals surface area contributed by atoms with Gasteiger partial charge in [0.15, 0.2) is 0 Å². The Morgan fingerprint density at radius 1 is 0.154 bits per heavy atom. The molecular weight excluding hydrogens is 468 g/mol. The van der Waals surface area contributed by atoms with Crippen LogP contribution in [0.3, 0.4) is 0 Å². The molecule has 39 heavy (non-hydrogen) atoms. The van der Waals surface area contributed by atoms with Crippen LogP contribution in [0.4, 0.5) is 0 Å². The van der Waals surface area contributed by atoms with Gasteiger partial charge in [0.2, 0.25) is 0 Å². The highest BCUT2D eigenvalue weighted by molar-refractivity contribution is 5.01. The minimum atomic E-state index is 1.15. The zero-order valence-electron chi connectivity index (χ0n) is 25.8. The van der Waals surface area contributed by atoms with Gasteiger partial charge in [-0.15, -0.1) is 0 Å². The average Bonchev–Trinajstić information content (AvgIpc) is 3.50. The van der Waals surface area contributed by atoms with Gasteiger partial charge >= 0.3 is 0 Å². The molecule has 0 radical (unpaired) electrons. The van der Waals surface area contributed by atoms with E-state index >= 15 is 0 Å². The van der Waals surface area contributed by atoms with Crippen LogP contribution < -0.4 is 0 Å². The van der Waals surface area contributed by atoms with Crippen LogP contribution in [0.5, 0.6) is 0 Å². The topological polar surface area (TPSA) is 0 Å². The molecule has 0 nitrogen and oxygen atoms in total. The summed E-state index contributed by atoms with van der Waals surface area (Å²) in [5.41, 5.74) is 0. The lowest BCUT2D eigenvalue weighted by atomic mass is 9.48. The second-order valence-corrected chi connectivity index (χ2v) is 17.3. The first-order valence-electron chi connectivity index (χ1n) is 19.3. The molecule has 0 N–H and O–H groups in total. The molecule has 220 valence electrons. The Kier molecular flexibility index (Phi) is 7.91. The molecule has 0 aromatic heterocycles. The van der Waals surface area contributed by atoms with Gasteiger partial charge in [0.1, 0.15) is 0 Å². The second-order valence-electron chi connectivity index (χ2n) is 17.3. The van der Waals surface area contributed by atoms with Crippen molar-refractivity contribution in [3.8, 4) is 0 Å². The van der Waals surface area contributed by atoms with E-state index in [-0.39, 0.29) is 0 Å². The molecule has 14 unspecified atom stereocenters. The standard InChI is InChI=1S/C22H36.C17H28/c1-3-7-17-15(5-1)9-11-21-19(17)13-14-20-18-8-4-2-6-16(18)10-12-22(20)21;1-2-6-14-12(4-1)8-10-17-15-7-3-5-13(15)9-11-16(14)17/h15-22H,1-14H2;12-17H,1-11H2. The smallest absolute Gasteiger partial charge is 0.0352 e. The van der Waals surface area contributed by atoms with E-state index in [4.69, 9.17) is 0 Å². The third-order valence-corrected chi connectivity index (χ3v) is 16.3. The monoisotopic (exact) mass is 533 g/mol. The quantitative estimate of drug-likeness (QED) is 0.291. The van der Waals surface area contributed by atoms with E-state index in [9.17, 15) is 0 Å². The Hall–Kier alpha value is 0. The molecule has 9 rings (SSSR count). The summed E-state index contributed by atoms with van der Waals surface area (Å²) < 4.78 is 0. The van der Waals surface area contributed by atoms with E-state index in [1.807, 2.05) is 0 Å². The summed E-state index contributed by atoms with van der Waals surface area (Å²) in [6.45, 7) is 0. The van der Waals surface area contributed by atoms with Gasteiger partial charge in [0.05, 0.1) is 0 Å². The Morgan fingerprint density at radius 2 is 0.385 bits per heavy atom. The molecule has 0 heteroatoms. The Morgan fingerprint density at radius 3 is 0.744 bits per heavy atom. The maximum Gasteiger partial charge on any atom is -0.0352 e. The largest absolute Gasteiger partial charge is 0.0530 e. The van der Waals surface area contributed by atoms with E-state index in [0.717, 1.165) is 35.5 Å². The van der Waals surface area contributed by atoms with Crippen molar-refractivity contribution < 1.29 is 0 Å². The third-order valence-electron chi connectivity index (χ3n) is 16.3. The number of fused-ring (bicyclic) bond motifs is 12. The molecule has 9 fully saturated rings. The predicted octanol–water partition coefficient (Wildman–Crippen LogP) is 11.5. The van der Waals surface area contributed by atoms with Crippen molar-refractivity contribution in [2.45, 2.75) is 161 Å². The maximum absolute atomic E-state index is 1.64. The molecule has 0 heterocycles. The minimum Gasteiger partial charge on any atom is -0.0530 e. The zero-order valence-corrected chi connectivity index (χ0v) is 25.8. The van der Waals surface area contributed by atoms with Crippen LogP contribution in [0.1, 0.15) is 161 Å². The van der Waals surface area contributed by atoms with Gasteiger partial charge in [-0.3, -0.25) is 0 Å². The molecule has 0 aliphatic heterocycles. The van der Waals surface area contributed by atoms with Crippen molar-refractivity contribution in [2.75, 3.05) is 0 Å². The van der Waals surface area contributed by atoms with Gasteiger partial charge in [0, 0.05) is 0 Å². The van der Waals surface area contributed by atoms with Crippen molar-refractivity contribution >= 4 is 0 Å². The van der Waals surface area contributed by atoms with Crippen molar-refractivity contribution in [3.63, 3.8) is 0 Å². The maximum atomic E-state index is 1.64. The Balaban J connectivity index is 0.000000125. The molecule has 0 bridgehead atoms.